The summed E-state index contributed by atoms with van der Waals surface area (Å²) in [6.07, 6.45) is 6.93. The molecule has 1 heterocycles. The zero-order valence-corrected chi connectivity index (χ0v) is 14.7. The topological polar surface area (TPSA) is 56.1 Å². The van der Waals surface area contributed by atoms with E-state index in [-0.39, 0.29) is 5.57 Å². The normalized spacial score (nSPS) is 10.6. The van der Waals surface area contributed by atoms with Crippen molar-refractivity contribution in [1.29, 1.82) is 5.26 Å². The lowest BCUT2D eigenvalue weighted by Crippen LogP contribution is -2.16. The van der Waals surface area contributed by atoms with Gasteiger partial charge in [0.1, 0.15) is 16.6 Å². The molecule has 1 N–H and O–H groups in total. The highest BCUT2D eigenvalue weighted by molar-refractivity contribution is 7.15. The lowest BCUT2D eigenvalue weighted by Gasteiger charge is -2.08. The number of nitriles is 1. The molecule has 2 aromatic rings. The van der Waals surface area contributed by atoms with Crippen LogP contribution in [0.2, 0.25) is 5.02 Å². The van der Waals surface area contributed by atoms with Gasteiger partial charge >= 0.3 is 0 Å². The van der Waals surface area contributed by atoms with Crippen molar-refractivity contribution in [3.63, 3.8) is 0 Å². The summed E-state index contributed by atoms with van der Waals surface area (Å²) in [5.41, 5.74) is 2.18. The molecule has 6 heteroatoms. The summed E-state index contributed by atoms with van der Waals surface area (Å²) in [4.78, 5) is 14.0. The average Bonchev–Trinajstić information content (AvgIpc) is 2.95. The second-order valence-corrected chi connectivity index (χ2v) is 6.39. The summed E-state index contributed by atoms with van der Waals surface area (Å²) in [7, 11) is 3.55. The molecule has 0 saturated heterocycles. The van der Waals surface area contributed by atoms with Crippen LogP contribution in [-0.2, 0) is 4.79 Å². The third-order valence-electron chi connectivity index (χ3n) is 3.07. The number of hydrogen-bond donors (Lipinski definition) is 1. The first-order valence-electron chi connectivity index (χ1n) is 6.90. The maximum Gasteiger partial charge on any atom is 0.266 e. The molecule has 0 radical (unpaired) electrons. The van der Waals surface area contributed by atoms with Crippen molar-refractivity contribution in [3.05, 3.63) is 52.0 Å². The lowest BCUT2D eigenvalue weighted by molar-refractivity contribution is -0.112. The van der Waals surface area contributed by atoms with Gasteiger partial charge in [0.2, 0.25) is 0 Å². The maximum atomic E-state index is 12.3. The summed E-state index contributed by atoms with van der Waals surface area (Å²) < 4.78 is 0. The van der Waals surface area contributed by atoms with Gasteiger partial charge in [-0.1, -0.05) is 29.7 Å². The highest BCUT2D eigenvalue weighted by Crippen LogP contribution is 2.35. The van der Waals surface area contributed by atoms with Crippen molar-refractivity contribution in [1.82, 2.24) is 4.90 Å². The van der Waals surface area contributed by atoms with Crippen LogP contribution in [0.1, 0.15) is 5.56 Å². The molecule has 4 nitrogen and oxygen atoms in total. The first kappa shape index (κ1) is 17.6. The number of carbonyl (C=O) groups is 1. The van der Waals surface area contributed by atoms with Gasteiger partial charge in [-0.15, -0.1) is 17.8 Å². The molecule has 0 fully saturated rings. The molecule has 1 amide bonds. The zero-order chi connectivity index (χ0) is 17.7. The number of carbonyl (C=O) groups excluding carboxylic acids is 1. The summed E-state index contributed by atoms with van der Waals surface area (Å²) in [5, 5.41) is 15.1. The number of terminal acetylenes is 1. The minimum atomic E-state index is -0.424. The SMILES string of the molecule is C#C/C(=C\N(C)C)C(=O)Nc1scc(-c2ccc(Cl)cc2)c1C#N. The molecule has 0 atom stereocenters. The predicted molar refractivity (Wildman–Crippen MR) is 98.7 cm³/mol. The Morgan fingerprint density at radius 2 is 2.04 bits per heavy atom. The number of anilines is 1. The summed E-state index contributed by atoms with van der Waals surface area (Å²) in [6, 6.07) is 9.31. The van der Waals surface area contributed by atoms with E-state index in [1.807, 2.05) is 17.5 Å². The monoisotopic (exact) mass is 355 g/mol. The third-order valence-corrected chi connectivity index (χ3v) is 4.22. The first-order valence-corrected chi connectivity index (χ1v) is 8.15. The van der Waals surface area contributed by atoms with Crippen molar-refractivity contribution in [2.24, 2.45) is 0 Å². The van der Waals surface area contributed by atoms with Gasteiger partial charge in [0.25, 0.3) is 5.91 Å². The number of hydrogen-bond acceptors (Lipinski definition) is 4. The zero-order valence-electron chi connectivity index (χ0n) is 13.1. The van der Waals surface area contributed by atoms with Crippen LogP contribution in [-0.4, -0.2) is 24.9 Å². The van der Waals surface area contributed by atoms with Gasteiger partial charge in [0.05, 0.1) is 5.56 Å². The van der Waals surface area contributed by atoms with Crippen LogP contribution in [0.4, 0.5) is 5.00 Å². The number of halogens is 1. The molecular formula is C18H14ClN3OS. The van der Waals surface area contributed by atoms with Crippen LogP contribution in [0, 0.1) is 23.7 Å². The van der Waals surface area contributed by atoms with E-state index in [4.69, 9.17) is 18.0 Å². The third kappa shape index (κ3) is 3.97. The fourth-order valence-electron chi connectivity index (χ4n) is 1.99. The van der Waals surface area contributed by atoms with Crippen LogP contribution < -0.4 is 5.32 Å². The van der Waals surface area contributed by atoms with Crippen molar-refractivity contribution < 1.29 is 4.79 Å². The molecule has 0 saturated carbocycles. The molecular weight excluding hydrogens is 342 g/mol. The van der Waals surface area contributed by atoms with Crippen LogP contribution >= 0.6 is 22.9 Å². The molecule has 2 rings (SSSR count). The highest BCUT2D eigenvalue weighted by Gasteiger charge is 2.17. The minimum Gasteiger partial charge on any atom is -0.382 e. The van der Waals surface area contributed by atoms with Gasteiger partial charge in [-0.2, -0.15) is 5.26 Å². The maximum absolute atomic E-state index is 12.3. The molecule has 120 valence electrons. The minimum absolute atomic E-state index is 0.185. The Labute approximate surface area is 150 Å². The standard InChI is InChI=1S/C18H14ClN3OS/c1-4-12(10-22(2)3)17(23)21-18-15(9-20)16(11-24-18)13-5-7-14(19)8-6-13/h1,5-8,10-11H,2-3H3,(H,21,23)/b12-10+. The Bertz CT molecular complexity index is 867. The Kier molecular flexibility index (Phi) is 5.65. The fourth-order valence-corrected chi connectivity index (χ4v) is 3.03. The van der Waals surface area contributed by atoms with E-state index in [1.54, 1.807) is 37.3 Å². The van der Waals surface area contributed by atoms with E-state index in [0.717, 1.165) is 11.1 Å². The van der Waals surface area contributed by atoms with Gasteiger partial charge in [-0.05, 0) is 17.7 Å². The Morgan fingerprint density at radius 1 is 1.38 bits per heavy atom. The quantitative estimate of drug-likeness (QED) is 0.667. The fraction of sp³-hybridized carbons (Fsp3) is 0.111. The van der Waals surface area contributed by atoms with Crippen molar-refractivity contribution >= 4 is 33.8 Å². The number of nitrogens with zero attached hydrogens (tertiary/aromatic N) is 2. The van der Waals surface area contributed by atoms with E-state index >= 15 is 0 Å². The van der Waals surface area contributed by atoms with E-state index in [2.05, 4.69) is 17.3 Å². The predicted octanol–water partition coefficient (Wildman–Crippen LogP) is 3.96. The molecule has 0 spiro atoms. The Hall–Kier alpha value is -2.73. The molecule has 0 aliphatic carbocycles. The Balaban J connectivity index is 2.34. The van der Waals surface area contributed by atoms with Gasteiger partial charge in [0, 0.05) is 36.3 Å². The van der Waals surface area contributed by atoms with Gasteiger partial charge in [-0.3, -0.25) is 4.79 Å². The summed E-state index contributed by atoms with van der Waals surface area (Å²) >= 11 is 7.17. The number of thiophene rings is 1. The molecule has 0 aliphatic rings. The van der Waals surface area contributed by atoms with Crippen LogP contribution in [0.25, 0.3) is 11.1 Å². The van der Waals surface area contributed by atoms with Gasteiger partial charge < -0.3 is 10.2 Å². The lowest BCUT2D eigenvalue weighted by atomic mass is 10.1. The second-order valence-electron chi connectivity index (χ2n) is 5.08. The van der Waals surface area contributed by atoms with Gasteiger partial charge in [0.15, 0.2) is 0 Å². The second kappa shape index (κ2) is 7.70. The number of nitrogens with one attached hydrogen (secondary N) is 1. The molecule has 1 aromatic heterocycles. The molecule has 0 unspecified atom stereocenters. The molecule has 24 heavy (non-hydrogen) atoms. The van der Waals surface area contributed by atoms with Crippen molar-refractivity contribution in [2.75, 3.05) is 19.4 Å². The van der Waals surface area contributed by atoms with E-state index < -0.39 is 5.91 Å². The van der Waals surface area contributed by atoms with Crippen LogP contribution in [0.3, 0.4) is 0 Å². The van der Waals surface area contributed by atoms with E-state index in [1.165, 1.54) is 11.3 Å². The summed E-state index contributed by atoms with van der Waals surface area (Å²) in [6.45, 7) is 0. The molecule has 1 aromatic carbocycles. The highest BCUT2D eigenvalue weighted by atomic mass is 35.5. The van der Waals surface area contributed by atoms with Crippen molar-refractivity contribution in [3.8, 4) is 29.5 Å². The molecule has 0 bridgehead atoms. The van der Waals surface area contributed by atoms with E-state index in [9.17, 15) is 10.1 Å². The first-order chi connectivity index (χ1) is 11.5. The summed E-state index contributed by atoms with van der Waals surface area (Å²) in [5.74, 6) is 1.93. The van der Waals surface area contributed by atoms with Gasteiger partial charge in [-0.25, -0.2) is 0 Å². The van der Waals surface area contributed by atoms with Crippen LogP contribution in [0.5, 0.6) is 0 Å². The van der Waals surface area contributed by atoms with E-state index in [0.29, 0.717) is 15.6 Å². The largest absolute Gasteiger partial charge is 0.382 e. The number of rotatable bonds is 4. The molecule has 0 aliphatic heterocycles. The average molecular weight is 356 g/mol. The van der Waals surface area contributed by atoms with Crippen LogP contribution in [0.15, 0.2) is 41.4 Å². The number of amides is 1. The Morgan fingerprint density at radius 3 is 2.58 bits per heavy atom. The smallest absolute Gasteiger partial charge is 0.266 e. The number of benzene rings is 1. The van der Waals surface area contributed by atoms with Crippen molar-refractivity contribution in [2.45, 2.75) is 0 Å².